The number of halogens is 1. The molecule has 1 fully saturated rings. The molecule has 1 aliphatic heterocycles. The molecule has 0 aromatic heterocycles. The van der Waals surface area contributed by atoms with Gasteiger partial charge in [0.15, 0.2) is 0 Å². The van der Waals surface area contributed by atoms with Crippen molar-refractivity contribution in [1.29, 1.82) is 0 Å². The summed E-state index contributed by atoms with van der Waals surface area (Å²) >= 11 is 0. The second kappa shape index (κ2) is 9.46. The number of hydrogen-bond acceptors (Lipinski definition) is 3. The number of nitrogens with zero attached hydrogens (tertiary/aromatic N) is 1. The van der Waals surface area contributed by atoms with Gasteiger partial charge < -0.3 is 10.1 Å². The lowest BCUT2D eigenvalue weighted by molar-refractivity contribution is -0.120. The lowest BCUT2D eigenvalue weighted by atomic mass is 10.0. The Morgan fingerprint density at radius 3 is 2.50 bits per heavy atom. The van der Waals surface area contributed by atoms with Crippen LogP contribution in [0.2, 0.25) is 0 Å². The van der Waals surface area contributed by atoms with Crippen LogP contribution in [-0.4, -0.2) is 49.7 Å². The Bertz CT molecular complexity index is 702. The maximum Gasteiger partial charge on any atom is 0.224 e. The quantitative estimate of drug-likeness (QED) is 0.828. The zero-order chi connectivity index (χ0) is 18.2. The van der Waals surface area contributed by atoms with E-state index < -0.39 is 0 Å². The molecular formula is C21H25FN2O2. The van der Waals surface area contributed by atoms with Crippen molar-refractivity contribution >= 4 is 5.91 Å². The summed E-state index contributed by atoms with van der Waals surface area (Å²) in [5.41, 5.74) is 1.67. The maximum atomic E-state index is 13.7. The number of ether oxygens (including phenoxy) is 1. The Morgan fingerprint density at radius 2 is 1.77 bits per heavy atom. The van der Waals surface area contributed by atoms with Gasteiger partial charge in [-0.3, -0.25) is 9.69 Å². The first kappa shape index (κ1) is 18.5. The fourth-order valence-corrected chi connectivity index (χ4v) is 3.27. The van der Waals surface area contributed by atoms with Gasteiger partial charge in [0.25, 0.3) is 0 Å². The fraction of sp³-hybridized carbons (Fsp3) is 0.381. The first-order valence-corrected chi connectivity index (χ1v) is 9.08. The molecule has 138 valence electrons. The van der Waals surface area contributed by atoms with Crippen molar-refractivity contribution in [1.82, 2.24) is 10.2 Å². The first-order valence-electron chi connectivity index (χ1n) is 9.08. The molecule has 1 heterocycles. The summed E-state index contributed by atoms with van der Waals surface area (Å²) in [6, 6.07) is 16.9. The number of amides is 1. The van der Waals surface area contributed by atoms with Gasteiger partial charge in [0, 0.05) is 25.7 Å². The third-order valence-corrected chi connectivity index (χ3v) is 4.72. The highest BCUT2D eigenvalue weighted by molar-refractivity contribution is 5.78. The molecule has 1 aliphatic rings. The van der Waals surface area contributed by atoms with Gasteiger partial charge >= 0.3 is 0 Å². The van der Waals surface area contributed by atoms with E-state index in [-0.39, 0.29) is 24.2 Å². The van der Waals surface area contributed by atoms with Crippen LogP contribution in [0, 0.1) is 5.82 Å². The molecule has 0 saturated carbocycles. The van der Waals surface area contributed by atoms with E-state index in [1.807, 2.05) is 18.2 Å². The van der Waals surface area contributed by atoms with E-state index in [0.717, 1.165) is 19.5 Å². The normalized spacial score (nSPS) is 16.2. The molecule has 1 amide bonds. The number of hydrogen-bond donors (Lipinski definition) is 1. The molecule has 0 spiro atoms. The van der Waals surface area contributed by atoms with Crippen molar-refractivity contribution in [3.63, 3.8) is 0 Å². The lowest BCUT2D eigenvalue weighted by Crippen LogP contribution is -2.50. The van der Waals surface area contributed by atoms with Gasteiger partial charge in [-0.15, -0.1) is 0 Å². The summed E-state index contributed by atoms with van der Waals surface area (Å²) in [4.78, 5) is 14.6. The molecule has 2 aromatic carbocycles. The molecule has 0 bridgehead atoms. The van der Waals surface area contributed by atoms with Crippen LogP contribution < -0.4 is 5.32 Å². The van der Waals surface area contributed by atoms with E-state index in [1.54, 1.807) is 18.2 Å². The molecule has 1 atom stereocenters. The maximum absolute atomic E-state index is 13.7. The second-order valence-electron chi connectivity index (χ2n) is 6.56. The number of rotatable bonds is 7. The molecule has 26 heavy (non-hydrogen) atoms. The van der Waals surface area contributed by atoms with Gasteiger partial charge in [-0.1, -0.05) is 48.5 Å². The smallest absolute Gasteiger partial charge is 0.224 e. The molecule has 0 radical (unpaired) electrons. The highest BCUT2D eigenvalue weighted by atomic mass is 19.1. The summed E-state index contributed by atoms with van der Waals surface area (Å²) in [5, 5.41) is 2.99. The molecule has 3 rings (SSSR count). The van der Waals surface area contributed by atoms with Crippen LogP contribution in [0.15, 0.2) is 54.6 Å². The van der Waals surface area contributed by atoms with Gasteiger partial charge in [0.2, 0.25) is 5.91 Å². The molecular weight excluding hydrogens is 331 g/mol. The van der Waals surface area contributed by atoms with Gasteiger partial charge in [-0.25, -0.2) is 4.39 Å². The Morgan fingerprint density at radius 1 is 1.08 bits per heavy atom. The van der Waals surface area contributed by atoms with Crippen LogP contribution in [0.25, 0.3) is 0 Å². The SMILES string of the molecule is O=C(Cc1ccccc1F)NCC(Cc1ccccc1)N1CCOCC1. The monoisotopic (exact) mass is 356 g/mol. The van der Waals surface area contributed by atoms with E-state index in [1.165, 1.54) is 11.6 Å². The van der Waals surface area contributed by atoms with Gasteiger partial charge in [0.05, 0.1) is 19.6 Å². The third kappa shape index (κ3) is 5.38. The topological polar surface area (TPSA) is 41.6 Å². The van der Waals surface area contributed by atoms with E-state index in [0.29, 0.717) is 25.3 Å². The minimum absolute atomic E-state index is 0.0633. The number of morpholine rings is 1. The van der Waals surface area contributed by atoms with E-state index in [2.05, 4.69) is 22.3 Å². The molecule has 1 N–H and O–H groups in total. The largest absolute Gasteiger partial charge is 0.379 e. The standard InChI is InChI=1S/C21H25FN2O2/c22-20-9-5-4-8-18(20)15-21(25)23-16-19(24-10-12-26-13-11-24)14-17-6-2-1-3-7-17/h1-9,19H,10-16H2,(H,23,25). The van der Waals surface area contributed by atoms with E-state index in [4.69, 9.17) is 4.74 Å². The Kier molecular flexibility index (Phi) is 6.75. The minimum atomic E-state index is -0.336. The molecule has 0 aliphatic carbocycles. The first-order chi connectivity index (χ1) is 12.7. The minimum Gasteiger partial charge on any atom is -0.379 e. The van der Waals surface area contributed by atoms with Gasteiger partial charge in [0.1, 0.15) is 5.82 Å². The van der Waals surface area contributed by atoms with Crippen LogP contribution in [0.5, 0.6) is 0 Å². The lowest BCUT2D eigenvalue weighted by Gasteiger charge is -2.34. The van der Waals surface area contributed by atoms with Crippen LogP contribution in [0.4, 0.5) is 4.39 Å². The van der Waals surface area contributed by atoms with Crippen LogP contribution in [0.3, 0.4) is 0 Å². The fourth-order valence-electron chi connectivity index (χ4n) is 3.27. The van der Waals surface area contributed by atoms with Crippen molar-refractivity contribution in [3.05, 3.63) is 71.5 Å². The van der Waals surface area contributed by atoms with Crippen molar-refractivity contribution in [2.75, 3.05) is 32.8 Å². The third-order valence-electron chi connectivity index (χ3n) is 4.72. The molecule has 2 aromatic rings. The highest BCUT2D eigenvalue weighted by Crippen LogP contribution is 2.11. The summed E-state index contributed by atoms with van der Waals surface area (Å²) in [7, 11) is 0. The van der Waals surface area contributed by atoms with E-state index >= 15 is 0 Å². The number of nitrogens with one attached hydrogen (secondary N) is 1. The second-order valence-corrected chi connectivity index (χ2v) is 6.56. The molecule has 5 heteroatoms. The Labute approximate surface area is 154 Å². The average Bonchev–Trinajstić information content (AvgIpc) is 2.68. The average molecular weight is 356 g/mol. The summed E-state index contributed by atoms with van der Waals surface area (Å²) < 4.78 is 19.2. The van der Waals surface area contributed by atoms with Crippen LogP contribution >= 0.6 is 0 Å². The van der Waals surface area contributed by atoms with Crippen molar-refractivity contribution < 1.29 is 13.9 Å². The van der Waals surface area contributed by atoms with Crippen LogP contribution in [-0.2, 0) is 22.4 Å². The predicted octanol–water partition coefficient (Wildman–Crippen LogP) is 2.43. The number of carbonyl (C=O) groups excluding carboxylic acids is 1. The van der Waals surface area contributed by atoms with Crippen molar-refractivity contribution in [2.45, 2.75) is 18.9 Å². The van der Waals surface area contributed by atoms with Crippen molar-refractivity contribution in [3.8, 4) is 0 Å². The Balaban J connectivity index is 1.59. The van der Waals surface area contributed by atoms with Gasteiger partial charge in [-0.05, 0) is 23.6 Å². The zero-order valence-electron chi connectivity index (χ0n) is 14.9. The highest BCUT2D eigenvalue weighted by Gasteiger charge is 2.22. The predicted molar refractivity (Wildman–Crippen MR) is 99.4 cm³/mol. The van der Waals surface area contributed by atoms with E-state index in [9.17, 15) is 9.18 Å². The molecule has 1 saturated heterocycles. The summed E-state index contributed by atoms with van der Waals surface area (Å²) in [6.07, 6.45) is 0.925. The van der Waals surface area contributed by atoms with Crippen LogP contribution in [0.1, 0.15) is 11.1 Å². The Hall–Kier alpha value is -2.24. The van der Waals surface area contributed by atoms with Crippen molar-refractivity contribution in [2.24, 2.45) is 0 Å². The summed E-state index contributed by atoms with van der Waals surface area (Å²) in [5.74, 6) is -0.488. The summed E-state index contributed by atoms with van der Waals surface area (Å²) in [6.45, 7) is 3.70. The molecule has 4 nitrogen and oxygen atoms in total. The zero-order valence-corrected chi connectivity index (χ0v) is 14.9. The number of carbonyl (C=O) groups is 1. The number of benzene rings is 2. The molecule has 1 unspecified atom stereocenters. The van der Waals surface area contributed by atoms with Gasteiger partial charge in [-0.2, -0.15) is 0 Å².